The van der Waals surface area contributed by atoms with Crippen LogP contribution in [0.4, 0.5) is 4.39 Å². The maximum atomic E-state index is 15.4. The number of carbonyl (C=O) groups is 1. The molecule has 1 aromatic carbocycles. The van der Waals surface area contributed by atoms with Crippen molar-refractivity contribution in [1.29, 1.82) is 0 Å². The van der Waals surface area contributed by atoms with Gasteiger partial charge in [0.1, 0.15) is 5.82 Å². The van der Waals surface area contributed by atoms with Gasteiger partial charge in [-0.05, 0) is 52.8 Å². The van der Waals surface area contributed by atoms with Gasteiger partial charge < -0.3 is 10.7 Å². The molecular formula is C18H19FN2O3S2. The molecule has 3 aromatic rings. The summed E-state index contributed by atoms with van der Waals surface area (Å²) in [4.78, 5) is 15.0. The first kappa shape index (κ1) is 17.5. The van der Waals surface area contributed by atoms with E-state index in [0.29, 0.717) is 46.4 Å². The molecular weight excluding hydrogens is 375 g/mol. The largest absolute Gasteiger partial charge is 0.366 e. The Kier molecular flexibility index (Phi) is 4.31. The standard InChI is InChI=1S/C18H19FN2O3S2/c19-16-12(11-1-4-25-9-11)7-13(18(20)22)17-15(16)14(8-21-17)10-2-5-26(23,24)6-3-10/h1,4,7-10,21,23-24H,2-3,5-6H2,(H2,20,22). The molecule has 1 aliphatic rings. The summed E-state index contributed by atoms with van der Waals surface area (Å²) in [6.07, 6.45) is 2.87. The van der Waals surface area contributed by atoms with Gasteiger partial charge in [0.2, 0.25) is 0 Å². The van der Waals surface area contributed by atoms with E-state index < -0.39 is 16.5 Å². The first-order valence-electron chi connectivity index (χ1n) is 8.27. The molecule has 0 bridgehead atoms. The summed E-state index contributed by atoms with van der Waals surface area (Å²) in [6.45, 7) is 0. The second kappa shape index (κ2) is 6.38. The third-order valence-corrected chi connectivity index (χ3v) is 7.51. The lowest BCUT2D eigenvalue weighted by molar-refractivity contribution is 0.100. The van der Waals surface area contributed by atoms with Gasteiger partial charge in [-0.25, -0.2) is 4.39 Å². The number of amides is 1. The predicted molar refractivity (Wildman–Crippen MR) is 105 cm³/mol. The summed E-state index contributed by atoms with van der Waals surface area (Å²) >= 11 is 1.45. The van der Waals surface area contributed by atoms with Crippen LogP contribution in [0.15, 0.2) is 29.1 Å². The number of thiophene rings is 1. The minimum Gasteiger partial charge on any atom is -0.366 e. The summed E-state index contributed by atoms with van der Waals surface area (Å²) in [5.74, 6) is -0.344. The Bertz CT molecular complexity index is 972. The highest BCUT2D eigenvalue weighted by Gasteiger charge is 2.29. The maximum absolute atomic E-state index is 15.4. The lowest BCUT2D eigenvalue weighted by Crippen LogP contribution is -2.19. The third-order valence-electron chi connectivity index (χ3n) is 5.05. The van der Waals surface area contributed by atoms with Gasteiger partial charge in [-0.3, -0.25) is 13.9 Å². The van der Waals surface area contributed by atoms with E-state index in [-0.39, 0.29) is 17.3 Å². The first-order valence-corrected chi connectivity index (χ1v) is 11.1. The van der Waals surface area contributed by atoms with Crippen LogP contribution in [0.25, 0.3) is 22.0 Å². The van der Waals surface area contributed by atoms with Gasteiger partial charge in [-0.15, -0.1) is 0 Å². The molecule has 0 aliphatic carbocycles. The SMILES string of the molecule is NC(=O)c1cc(-c2ccsc2)c(F)c2c(C3CCS(O)(O)CC3)c[nH]c12. The quantitative estimate of drug-likeness (QED) is 0.515. The Morgan fingerprint density at radius 1 is 1.35 bits per heavy atom. The van der Waals surface area contributed by atoms with E-state index in [4.69, 9.17) is 5.73 Å². The van der Waals surface area contributed by atoms with E-state index in [1.807, 2.05) is 16.8 Å². The van der Waals surface area contributed by atoms with Crippen molar-refractivity contribution in [3.63, 3.8) is 0 Å². The van der Waals surface area contributed by atoms with Gasteiger partial charge >= 0.3 is 0 Å². The minimum atomic E-state index is -2.51. The zero-order valence-electron chi connectivity index (χ0n) is 13.9. The number of aromatic nitrogens is 1. The zero-order chi connectivity index (χ0) is 18.5. The Hall–Kier alpha value is -1.87. The Morgan fingerprint density at radius 3 is 2.69 bits per heavy atom. The number of hydrogen-bond donors (Lipinski definition) is 4. The summed E-state index contributed by atoms with van der Waals surface area (Å²) in [6, 6.07) is 3.31. The summed E-state index contributed by atoms with van der Waals surface area (Å²) in [5.41, 5.74) is 8.03. The third kappa shape index (κ3) is 2.92. The minimum absolute atomic E-state index is 0.0108. The number of primary amides is 1. The summed E-state index contributed by atoms with van der Waals surface area (Å²) < 4.78 is 35.1. The normalized spacial score (nSPS) is 18.9. The Labute approximate surface area is 155 Å². The number of nitrogens with one attached hydrogen (secondary N) is 1. The molecule has 1 aliphatic heterocycles. The molecule has 8 heteroatoms. The number of carbonyl (C=O) groups excluding carboxylic acids is 1. The van der Waals surface area contributed by atoms with Gasteiger partial charge in [-0.2, -0.15) is 21.9 Å². The fraction of sp³-hybridized carbons (Fsp3) is 0.278. The number of hydrogen-bond acceptors (Lipinski definition) is 4. The molecule has 4 rings (SSSR count). The molecule has 1 amide bonds. The van der Waals surface area contributed by atoms with Crippen molar-refractivity contribution in [1.82, 2.24) is 4.98 Å². The Balaban J connectivity index is 1.89. The molecule has 1 saturated heterocycles. The summed E-state index contributed by atoms with van der Waals surface area (Å²) in [7, 11) is -2.51. The number of aromatic amines is 1. The predicted octanol–water partition coefficient (Wildman–Crippen LogP) is 4.76. The van der Waals surface area contributed by atoms with E-state index in [1.54, 1.807) is 6.20 Å². The van der Waals surface area contributed by atoms with Crippen molar-refractivity contribution in [2.24, 2.45) is 5.73 Å². The van der Waals surface area contributed by atoms with Crippen LogP contribution in [0.1, 0.15) is 34.7 Å². The lowest BCUT2D eigenvalue weighted by atomic mass is 9.90. The van der Waals surface area contributed by atoms with Crippen molar-refractivity contribution in [2.45, 2.75) is 18.8 Å². The number of fused-ring (bicyclic) bond motifs is 1. The number of rotatable bonds is 3. The maximum Gasteiger partial charge on any atom is 0.250 e. The van der Waals surface area contributed by atoms with Gasteiger partial charge in [0.15, 0.2) is 0 Å². The number of benzene rings is 1. The van der Waals surface area contributed by atoms with Gasteiger partial charge in [0.05, 0.1) is 11.1 Å². The van der Waals surface area contributed by atoms with Gasteiger partial charge in [0.25, 0.3) is 5.91 Å². The van der Waals surface area contributed by atoms with Crippen LogP contribution in [0.2, 0.25) is 0 Å². The molecule has 1 fully saturated rings. The van der Waals surface area contributed by atoms with Crippen LogP contribution >= 0.6 is 21.9 Å². The smallest absolute Gasteiger partial charge is 0.250 e. The fourth-order valence-corrected chi connectivity index (χ4v) is 5.85. The topological polar surface area (TPSA) is 99.3 Å². The molecule has 0 radical (unpaired) electrons. The highest BCUT2D eigenvalue weighted by Crippen LogP contribution is 2.49. The van der Waals surface area contributed by atoms with E-state index in [1.165, 1.54) is 17.4 Å². The molecule has 0 unspecified atom stereocenters. The molecule has 0 atom stereocenters. The van der Waals surface area contributed by atoms with Crippen LogP contribution in [0.3, 0.4) is 0 Å². The molecule has 3 heterocycles. The number of H-pyrrole nitrogens is 1. The molecule has 138 valence electrons. The molecule has 26 heavy (non-hydrogen) atoms. The first-order chi connectivity index (χ1) is 12.4. The van der Waals surface area contributed by atoms with Gasteiger partial charge in [0, 0.05) is 28.7 Å². The number of halogens is 1. The van der Waals surface area contributed by atoms with Crippen LogP contribution in [-0.2, 0) is 0 Å². The summed E-state index contributed by atoms with van der Waals surface area (Å²) in [5, 5.41) is 4.07. The highest BCUT2D eigenvalue weighted by molar-refractivity contribution is 8.24. The highest BCUT2D eigenvalue weighted by atomic mass is 32.3. The molecule has 0 spiro atoms. The van der Waals surface area contributed by atoms with E-state index >= 15 is 4.39 Å². The van der Waals surface area contributed by atoms with Crippen molar-refractivity contribution < 1.29 is 18.3 Å². The van der Waals surface area contributed by atoms with Crippen LogP contribution in [0, 0.1) is 5.82 Å². The average Bonchev–Trinajstić information content (AvgIpc) is 3.25. The van der Waals surface area contributed by atoms with E-state index in [9.17, 15) is 13.9 Å². The van der Waals surface area contributed by atoms with Crippen LogP contribution < -0.4 is 5.73 Å². The fourth-order valence-electron chi connectivity index (χ4n) is 3.67. The van der Waals surface area contributed by atoms with E-state index in [2.05, 4.69) is 4.98 Å². The van der Waals surface area contributed by atoms with Crippen molar-refractivity contribution in [2.75, 3.05) is 11.5 Å². The second-order valence-corrected chi connectivity index (χ2v) is 9.84. The molecule has 5 nitrogen and oxygen atoms in total. The molecule has 0 saturated carbocycles. The monoisotopic (exact) mass is 394 g/mol. The zero-order valence-corrected chi connectivity index (χ0v) is 15.5. The van der Waals surface area contributed by atoms with Crippen LogP contribution in [0.5, 0.6) is 0 Å². The average molecular weight is 394 g/mol. The van der Waals surface area contributed by atoms with Gasteiger partial charge in [-0.1, -0.05) is 0 Å². The van der Waals surface area contributed by atoms with Crippen LogP contribution in [-0.4, -0.2) is 31.5 Å². The van der Waals surface area contributed by atoms with E-state index in [0.717, 1.165) is 5.56 Å². The molecule has 5 N–H and O–H groups in total. The van der Waals surface area contributed by atoms with Crippen molar-refractivity contribution in [3.05, 3.63) is 46.0 Å². The van der Waals surface area contributed by atoms with Crippen molar-refractivity contribution in [3.8, 4) is 11.1 Å². The second-order valence-electron chi connectivity index (χ2n) is 6.64. The number of nitrogens with two attached hydrogens (primary N) is 1. The van der Waals surface area contributed by atoms with Crippen molar-refractivity contribution >= 4 is 38.7 Å². The Morgan fingerprint density at radius 2 is 2.08 bits per heavy atom. The lowest BCUT2D eigenvalue weighted by Gasteiger charge is -2.39. The molecule has 2 aromatic heterocycles.